The van der Waals surface area contributed by atoms with Crippen molar-refractivity contribution in [3.8, 4) is 0 Å². The van der Waals surface area contributed by atoms with Gasteiger partial charge in [-0.3, -0.25) is 4.79 Å². The fraction of sp³-hybridized carbons (Fsp3) is 0.417. The van der Waals surface area contributed by atoms with Crippen molar-refractivity contribution in [1.29, 1.82) is 0 Å². The number of rotatable bonds is 4. The van der Waals surface area contributed by atoms with Gasteiger partial charge >= 0.3 is 5.97 Å². The Morgan fingerprint density at radius 3 is 2.00 bits per heavy atom. The zero-order valence-corrected chi connectivity index (χ0v) is 10.9. The summed E-state index contributed by atoms with van der Waals surface area (Å²) in [7, 11) is -3.82. The van der Waals surface area contributed by atoms with E-state index in [0.717, 1.165) is 5.56 Å². The number of sulfone groups is 1. The van der Waals surface area contributed by atoms with Gasteiger partial charge in [0.1, 0.15) is 0 Å². The second kappa shape index (κ2) is 4.87. The van der Waals surface area contributed by atoms with Gasteiger partial charge in [0.25, 0.3) is 0 Å². The SMILES string of the molecule is Cc1ccc(S(=O)(=O)C(C(=O)O)C(C)C)cc1. The maximum atomic E-state index is 12.1. The van der Waals surface area contributed by atoms with Crippen molar-refractivity contribution in [3.63, 3.8) is 0 Å². The maximum absolute atomic E-state index is 12.1. The second-order valence-corrected chi connectivity index (χ2v) is 6.43. The number of hydrogen-bond donors (Lipinski definition) is 1. The van der Waals surface area contributed by atoms with Crippen LogP contribution in [0.4, 0.5) is 0 Å². The summed E-state index contributed by atoms with van der Waals surface area (Å²) in [6.07, 6.45) is 0. The molecule has 1 aromatic rings. The number of carboxylic acid groups (broad SMARTS) is 1. The summed E-state index contributed by atoms with van der Waals surface area (Å²) in [5, 5.41) is 7.62. The minimum atomic E-state index is -3.82. The van der Waals surface area contributed by atoms with Crippen LogP contribution in [0.1, 0.15) is 19.4 Å². The third-order valence-electron chi connectivity index (χ3n) is 2.53. The Bertz CT molecular complexity index is 500. The van der Waals surface area contributed by atoms with Crippen LogP contribution < -0.4 is 0 Å². The fourth-order valence-corrected chi connectivity index (χ4v) is 3.44. The van der Waals surface area contributed by atoms with Gasteiger partial charge in [0, 0.05) is 0 Å². The van der Waals surface area contributed by atoms with Gasteiger partial charge in [-0.05, 0) is 25.0 Å². The minimum absolute atomic E-state index is 0.0594. The Hall–Kier alpha value is -1.36. The van der Waals surface area contributed by atoms with E-state index in [4.69, 9.17) is 5.11 Å². The van der Waals surface area contributed by atoms with Gasteiger partial charge in [-0.1, -0.05) is 31.5 Å². The molecule has 0 saturated heterocycles. The van der Waals surface area contributed by atoms with Crippen molar-refractivity contribution < 1.29 is 18.3 Å². The first kappa shape index (κ1) is 13.7. The molecule has 1 N–H and O–H groups in total. The third-order valence-corrected chi connectivity index (χ3v) is 4.88. The van der Waals surface area contributed by atoms with Gasteiger partial charge in [0.05, 0.1) is 4.90 Å². The summed E-state index contributed by atoms with van der Waals surface area (Å²) in [4.78, 5) is 11.1. The molecule has 94 valence electrons. The molecule has 0 aliphatic carbocycles. The molecule has 0 aliphatic rings. The van der Waals surface area contributed by atoms with Gasteiger partial charge in [0.15, 0.2) is 15.1 Å². The average molecular weight is 256 g/mol. The van der Waals surface area contributed by atoms with Crippen LogP contribution in [-0.2, 0) is 14.6 Å². The Morgan fingerprint density at radius 1 is 1.18 bits per heavy atom. The molecule has 4 nitrogen and oxygen atoms in total. The van der Waals surface area contributed by atoms with Crippen molar-refractivity contribution in [2.45, 2.75) is 30.9 Å². The lowest BCUT2D eigenvalue weighted by molar-refractivity contribution is -0.137. The summed E-state index contributed by atoms with van der Waals surface area (Å²) in [5.41, 5.74) is 0.931. The summed E-state index contributed by atoms with van der Waals surface area (Å²) < 4.78 is 24.3. The van der Waals surface area contributed by atoms with Crippen LogP contribution in [0.3, 0.4) is 0 Å². The number of aliphatic carboxylic acids is 1. The summed E-state index contributed by atoms with van der Waals surface area (Å²) in [6.45, 7) is 5.02. The molecule has 0 heterocycles. The van der Waals surface area contributed by atoms with Gasteiger partial charge in [-0.15, -0.1) is 0 Å². The van der Waals surface area contributed by atoms with E-state index in [1.165, 1.54) is 12.1 Å². The van der Waals surface area contributed by atoms with E-state index in [1.54, 1.807) is 26.0 Å². The van der Waals surface area contributed by atoms with Crippen LogP contribution in [0, 0.1) is 12.8 Å². The molecule has 0 radical (unpaired) electrons. The highest BCUT2D eigenvalue weighted by atomic mass is 32.2. The lowest BCUT2D eigenvalue weighted by Crippen LogP contribution is -2.34. The highest BCUT2D eigenvalue weighted by Crippen LogP contribution is 2.22. The van der Waals surface area contributed by atoms with Gasteiger partial charge in [-0.2, -0.15) is 0 Å². The molecule has 0 bridgehead atoms. The van der Waals surface area contributed by atoms with E-state index in [1.807, 2.05) is 6.92 Å². The Balaban J connectivity index is 3.26. The van der Waals surface area contributed by atoms with Gasteiger partial charge < -0.3 is 5.11 Å². The van der Waals surface area contributed by atoms with Crippen LogP contribution in [-0.4, -0.2) is 24.7 Å². The summed E-state index contributed by atoms with van der Waals surface area (Å²) >= 11 is 0. The van der Waals surface area contributed by atoms with Crippen molar-refractivity contribution in [3.05, 3.63) is 29.8 Å². The molecular weight excluding hydrogens is 240 g/mol. The predicted molar refractivity (Wildman–Crippen MR) is 64.6 cm³/mol. The van der Waals surface area contributed by atoms with Crippen LogP contribution in [0.2, 0.25) is 0 Å². The normalized spacial score (nSPS) is 13.6. The summed E-state index contributed by atoms with van der Waals surface area (Å²) in [5.74, 6) is -1.78. The number of carbonyl (C=O) groups is 1. The molecule has 0 fully saturated rings. The van der Waals surface area contributed by atoms with Gasteiger partial charge in [-0.25, -0.2) is 8.42 Å². The highest BCUT2D eigenvalue weighted by molar-refractivity contribution is 7.92. The number of benzene rings is 1. The maximum Gasteiger partial charge on any atom is 0.322 e. The van der Waals surface area contributed by atoms with E-state index in [-0.39, 0.29) is 4.90 Å². The Kier molecular flexibility index (Phi) is 3.93. The van der Waals surface area contributed by atoms with Crippen molar-refractivity contribution in [2.24, 2.45) is 5.92 Å². The molecule has 1 aromatic carbocycles. The molecule has 1 rings (SSSR count). The quantitative estimate of drug-likeness (QED) is 0.892. The molecule has 17 heavy (non-hydrogen) atoms. The van der Waals surface area contributed by atoms with E-state index in [2.05, 4.69) is 0 Å². The predicted octanol–water partition coefficient (Wildman–Crippen LogP) is 1.88. The molecule has 1 atom stereocenters. The fourth-order valence-electron chi connectivity index (χ4n) is 1.65. The molecule has 5 heteroatoms. The first-order valence-electron chi connectivity index (χ1n) is 5.30. The molecule has 0 aliphatic heterocycles. The zero-order chi connectivity index (χ0) is 13.2. The standard InChI is InChI=1S/C12H16O4S/c1-8(2)11(12(13)14)17(15,16)10-6-4-9(3)5-7-10/h4-8,11H,1-3H3,(H,13,14). The van der Waals surface area contributed by atoms with E-state index in [0.29, 0.717) is 0 Å². The van der Waals surface area contributed by atoms with E-state index >= 15 is 0 Å². The van der Waals surface area contributed by atoms with Crippen LogP contribution >= 0.6 is 0 Å². The molecule has 0 saturated carbocycles. The van der Waals surface area contributed by atoms with Crippen LogP contribution in [0.15, 0.2) is 29.2 Å². The van der Waals surface area contributed by atoms with E-state index < -0.39 is 27.0 Å². The first-order chi connectivity index (χ1) is 7.76. The lowest BCUT2D eigenvalue weighted by atomic mass is 10.1. The first-order valence-corrected chi connectivity index (χ1v) is 6.85. The van der Waals surface area contributed by atoms with Crippen LogP contribution in [0.25, 0.3) is 0 Å². The zero-order valence-electron chi connectivity index (χ0n) is 10.0. The Morgan fingerprint density at radius 2 is 1.65 bits per heavy atom. The van der Waals surface area contributed by atoms with Crippen molar-refractivity contribution in [1.82, 2.24) is 0 Å². The number of aryl methyl sites for hydroxylation is 1. The van der Waals surface area contributed by atoms with Gasteiger partial charge in [0.2, 0.25) is 0 Å². The third kappa shape index (κ3) is 2.85. The number of hydrogen-bond acceptors (Lipinski definition) is 3. The highest BCUT2D eigenvalue weighted by Gasteiger charge is 2.36. The average Bonchev–Trinajstić information content (AvgIpc) is 2.16. The van der Waals surface area contributed by atoms with Crippen molar-refractivity contribution in [2.75, 3.05) is 0 Å². The molecular formula is C12H16O4S. The topological polar surface area (TPSA) is 71.4 Å². The summed E-state index contributed by atoms with van der Waals surface area (Å²) in [6, 6.07) is 6.21. The Labute approximate surface area is 101 Å². The molecule has 1 unspecified atom stereocenters. The second-order valence-electron chi connectivity index (χ2n) is 4.36. The molecule has 0 spiro atoms. The van der Waals surface area contributed by atoms with Crippen molar-refractivity contribution >= 4 is 15.8 Å². The minimum Gasteiger partial charge on any atom is -0.480 e. The monoisotopic (exact) mass is 256 g/mol. The largest absolute Gasteiger partial charge is 0.480 e. The smallest absolute Gasteiger partial charge is 0.322 e. The number of carboxylic acids is 1. The van der Waals surface area contributed by atoms with E-state index in [9.17, 15) is 13.2 Å². The molecule has 0 aromatic heterocycles. The van der Waals surface area contributed by atoms with Crippen LogP contribution in [0.5, 0.6) is 0 Å². The molecule has 0 amide bonds. The lowest BCUT2D eigenvalue weighted by Gasteiger charge is -2.16.